The Bertz CT molecular complexity index is 998. The number of aliphatic hydroxyl groups is 1. The fourth-order valence-electron chi connectivity index (χ4n) is 4.22. The van der Waals surface area contributed by atoms with Crippen LogP contribution in [0.5, 0.6) is 11.5 Å². The number of hydrogen-bond acceptors (Lipinski definition) is 6. The van der Waals surface area contributed by atoms with E-state index in [1.807, 2.05) is 36.2 Å². The van der Waals surface area contributed by atoms with Crippen molar-refractivity contribution >= 4 is 6.09 Å². The molecule has 0 spiro atoms. The fourth-order valence-corrected chi connectivity index (χ4v) is 4.22. The van der Waals surface area contributed by atoms with Crippen LogP contribution in [0, 0.1) is 11.6 Å². The number of nitrogens with one attached hydrogen (secondary N) is 1. The third-order valence-corrected chi connectivity index (χ3v) is 5.62. The van der Waals surface area contributed by atoms with Crippen LogP contribution >= 0.6 is 0 Å². The minimum atomic E-state index is -1.08. The minimum absolute atomic E-state index is 0.172. The Kier molecular flexibility index (Phi) is 7.99. The summed E-state index contributed by atoms with van der Waals surface area (Å²) in [5.41, 5.74) is 0.192. The number of methoxy groups -OCH3 is 1. The fraction of sp³-hybridized carbons (Fsp3) is 0.480. The van der Waals surface area contributed by atoms with Gasteiger partial charge in [0.25, 0.3) is 0 Å². The smallest absolute Gasteiger partial charge is 0.407 e. The van der Waals surface area contributed by atoms with Gasteiger partial charge in [-0.25, -0.2) is 13.6 Å². The molecule has 0 aromatic heterocycles. The number of carbonyl (C=O) groups is 1. The van der Waals surface area contributed by atoms with E-state index in [1.54, 1.807) is 27.9 Å². The Morgan fingerprint density at radius 3 is 2.53 bits per heavy atom. The van der Waals surface area contributed by atoms with Gasteiger partial charge in [0.1, 0.15) is 29.4 Å². The zero-order chi connectivity index (χ0) is 25.0. The van der Waals surface area contributed by atoms with Gasteiger partial charge in [-0.3, -0.25) is 4.90 Å². The molecule has 0 bridgehead atoms. The highest BCUT2D eigenvalue weighted by molar-refractivity contribution is 5.68. The molecule has 1 saturated carbocycles. The lowest BCUT2D eigenvalue weighted by molar-refractivity contribution is 0.00950. The third kappa shape index (κ3) is 6.36. The number of ether oxygens (including phenoxy) is 3. The van der Waals surface area contributed by atoms with E-state index in [4.69, 9.17) is 14.2 Å². The van der Waals surface area contributed by atoms with E-state index in [1.165, 1.54) is 6.07 Å². The largest absolute Gasteiger partial charge is 0.496 e. The molecule has 7 nitrogen and oxygen atoms in total. The zero-order valence-corrected chi connectivity index (χ0v) is 20.0. The van der Waals surface area contributed by atoms with Crippen LogP contribution < -0.4 is 14.8 Å². The summed E-state index contributed by atoms with van der Waals surface area (Å²) >= 11 is 0. The van der Waals surface area contributed by atoms with Crippen molar-refractivity contribution < 1.29 is 32.9 Å². The van der Waals surface area contributed by atoms with E-state index in [0.717, 1.165) is 17.7 Å². The molecule has 9 heteroatoms. The molecular formula is C25H32F2N2O5. The molecule has 1 amide bonds. The van der Waals surface area contributed by atoms with Crippen molar-refractivity contribution in [1.82, 2.24) is 10.2 Å². The molecule has 34 heavy (non-hydrogen) atoms. The number of carbonyl (C=O) groups excluding carboxylic acids is 1. The number of halogens is 2. The van der Waals surface area contributed by atoms with Gasteiger partial charge in [0.15, 0.2) is 11.6 Å². The Morgan fingerprint density at radius 1 is 1.18 bits per heavy atom. The average molecular weight is 479 g/mol. The van der Waals surface area contributed by atoms with Crippen molar-refractivity contribution in [2.45, 2.75) is 63.6 Å². The molecule has 0 aliphatic heterocycles. The third-order valence-electron chi connectivity index (χ3n) is 5.62. The summed E-state index contributed by atoms with van der Waals surface area (Å²) in [6.07, 6.45) is -2.36. The van der Waals surface area contributed by atoms with Crippen LogP contribution in [0.2, 0.25) is 0 Å². The Morgan fingerprint density at radius 2 is 1.88 bits per heavy atom. The zero-order valence-electron chi connectivity index (χ0n) is 20.0. The Balaban J connectivity index is 1.83. The summed E-state index contributed by atoms with van der Waals surface area (Å²) in [6.45, 7) is 5.68. The van der Waals surface area contributed by atoms with E-state index in [9.17, 15) is 18.7 Å². The quantitative estimate of drug-likeness (QED) is 0.629. The molecule has 2 N–H and O–H groups in total. The highest BCUT2D eigenvalue weighted by Crippen LogP contribution is 2.32. The number of benzene rings is 2. The maximum atomic E-state index is 14.2. The average Bonchev–Trinajstić information content (AvgIpc) is 3.03. The molecule has 2 aromatic carbocycles. The van der Waals surface area contributed by atoms with Crippen molar-refractivity contribution in [3.8, 4) is 11.5 Å². The SMILES string of the molecule is COc1ccccc1CN(C)[C@@H]1[C@@H](O)[C@H](Oc2ccc(F)cc2F)C[C@H]1NC(=O)OC(C)(C)C. The summed E-state index contributed by atoms with van der Waals surface area (Å²) in [6, 6.07) is 9.35. The second kappa shape index (κ2) is 10.6. The number of hydrogen-bond donors (Lipinski definition) is 2. The normalized spacial score (nSPS) is 22.5. The van der Waals surface area contributed by atoms with Crippen LogP contribution in [0.1, 0.15) is 32.8 Å². The standard InChI is InChI=1S/C25H32F2N2O5/c1-25(2,3)34-24(31)28-18-13-21(33-20-11-10-16(26)12-17(20)27)23(30)22(18)29(4)14-15-8-6-7-9-19(15)32-5/h6-12,18,21-23,30H,13-14H2,1-5H3,(H,28,31)/t18-,21-,22+,23+/m1/s1. The highest BCUT2D eigenvalue weighted by atomic mass is 19.1. The molecule has 1 aliphatic carbocycles. The molecule has 1 aliphatic rings. The second-order valence-corrected chi connectivity index (χ2v) is 9.43. The molecule has 4 atom stereocenters. The van der Waals surface area contributed by atoms with Gasteiger partial charge < -0.3 is 24.6 Å². The molecule has 186 valence electrons. The van der Waals surface area contributed by atoms with Crippen molar-refractivity contribution in [2.75, 3.05) is 14.2 Å². The van der Waals surface area contributed by atoms with E-state index in [-0.39, 0.29) is 12.2 Å². The van der Waals surface area contributed by atoms with Gasteiger partial charge in [-0.2, -0.15) is 0 Å². The van der Waals surface area contributed by atoms with Crippen LogP contribution in [-0.4, -0.2) is 60.1 Å². The van der Waals surface area contributed by atoms with Crippen molar-refractivity contribution in [3.05, 3.63) is 59.7 Å². The number of likely N-dealkylation sites (N-methyl/N-ethyl adjacent to an activating group) is 1. The topological polar surface area (TPSA) is 80.3 Å². The predicted molar refractivity (Wildman–Crippen MR) is 123 cm³/mol. The van der Waals surface area contributed by atoms with Crippen LogP contribution in [0.4, 0.5) is 13.6 Å². The Hall–Kier alpha value is -2.91. The first-order chi connectivity index (χ1) is 16.0. The highest BCUT2D eigenvalue weighted by Gasteiger charge is 2.47. The lowest BCUT2D eigenvalue weighted by Crippen LogP contribution is -2.52. The van der Waals surface area contributed by atoms with Crippen LogP contribution in [0.15, 0.2) is 42.5 Å². The number of nitrogens with zero attached hydrogens (tertiary/aromatic N) is 1. The van der Waals surface area contributed by atoms with E-state index >= 15 is 0 Å². The van der Waals surface area contributed by atoms with Gasteiger partial charge in [0.2, 0.25) is 0 Å². The van der Waals surface area contributed by atoms with Crippen molar-refractivity contribution in [2.24, 2.45) is 0 Å². The summed E-state index contributed by atoms with van der Waals surface area (Å²) in [7, 11) is 3.39. The molecule has 0 saturated heterocycles. The van der Waals surface area contributed by atoms with Gasteiger partial charge in [-0.05, 0) is 46.0 Å². The maximum Gasteiger partial charge on any atom is 0.407 e. The molecule has 0 heterocycles. The van der Waals surface area contributed by atoms with Crippen LogP contribution in [-0.2, 0) is 11.3 Å². The van der Waals surface area contributed by atoms with Crippen molar-refractivity contribution in [3.63, 3.8) is 0 Å². The first kappa shape index (κ1) is 25.7. The molecule has 0 unspecified atom stereocenters. The summed E-state index contributed by atoms with van der Waals surface area (Å²) in [5.74, 6) is -1.07. The molecule has 1 fully saturated rings. The summed E-state index contributed by atoms with van der Waals surface area (Å²) in [4.78, 5) is 14.4. The summed E-state index contributed by atoms with van der Waals surface area (Å²) < 4.78 is 44.0. The van der Waals surface area contributed by atoms with Crippen molar-refractivity contribution in [1.29, 1.82) is 0 Å². The maximum absolute atomic E-state index is 14.2. The van der Waals surface area contributed by atoms with Gasteiger partial charge in [-0.1, -0.05) is 18.2 Å². The number of para-hydroxylation sites is 1. The van der Waals surface area contributed by atoms with E-state index in [0.29, 0.717) is 12.3 Å². The summed E-state index contributed by atoms with van der Waals surface area (Å²) in [5, 5.41) is 14.0. The number of amides is 1. The molecular weight excluding hydrogens is 446 g/mol. The van der Waals surface area contributed by atoms with Crippen LogP contribution in [0.25, 0.3) is 0 Å². The Labute approximate surface area is 198 Å². The van der Waals surface area contributed by atoms with E-state index in [2.05, 4.69) is 5.32 Å². The lowest BCUT2D eigenvalue weighted by Gasteiger charge is -2.33. The first-order valence-electron chi connectivity index (χ1n) is 11.1. The second-order valence-electron chi connectivity index (χ2n) is 9.43. The first-order valence-corrected chi connectivity index (χ1v) is 11.1. The molecule has 0 radical (unpaired) electrons. The van der Waals surface area contributed by atoms with Gasteiger partial charge in [-0.15, -0.1) is 0 Å². The number of rotatable bonds is 7. The lowest BCUT2D eigenvalue weighted by atomic mass is 10.1. The predicted octanol–water partition coefficient (Wildman–Crippen LogP) is 3.88. The monoisotopic (exact) mass is 478 g/mol. The molecule has 3 rings (SSSR count). The number of alkyl carbamates (subject to hydrolysis) is 1. The van der Waals surface area contributed by atoms with Gasteiger partial charge >= 0.3 is 6.09 Å². The number of aliphatic hydroxyl groups excluding tert-OH is 1. The molecule has 2 aromatic rings. The van der Waals surface area contributed by atoms with Gasteiger partial charge in [0.05, 0.1) is 19.2 Å². The van der Waals surface area contributed by atoms with E-state index < -0.39 is 47.6 Å². The van der Waals surface area contributed by atoms with Gasteiger partial charge in [0, 0.05) is 24.6 Å². The minimum Gasteiger partial charge on any atom is -0.496 e. The van der Waals surface area contributed by atoms with Crippen LogP contribution in [0.3, 0.4) is 0 Å².